The molecule has 0 aromatic carbocycles. The number of nitrogens with zero attached hydrogens (tertiary/aromatic N) is 7. The summed E-state index contributed by atoms with van der Waals surface area (Å²) in [4.78, 5) is 26.9. The van der Waals surface area contributed by atoms with Gasteiger partial charge in [-0.2, -0.15) is 23.4 Å². The summed E-state index contributed by atoms with van der Waals surface area (Å²) in [5, 5.41) is 21.7. The quantitative estimate of drug-likeness (QED) is 0.380. The summed E-state index contributed by atoms with van der Waals surface area (Å²) in [7, 11) is 0. The topological polar surface area (TPSA) is 125 Å². The number of carbonyl (C=O) groups excluding carboxylic acids is 2. The van der Waals surface area contributed by atoms with Crippen molar-refractivity contribution in [1.29, 1.82) is 0 Å². The number of aromatic nitrogens is 7. The van der Waals surface area contributed by atoms with E-state index in [0.29, 0.717) is 28.9 Å². The Bertz CT molecular complexity index is 1320. The normalized spacial score (nSPS) is 16.6. The molecule has 1 atom stereocenters. The molecule has 5 rings (SSSR count). The molecule has 3 heterocycles. The first kappa shape index (κ1) is 26.9. The highest BCUT2D eigenvalue weighted by molar-refractivity contribution is 6.00. The maximum Gasteiger partial charge on any atom is 0.408 e. The number of aryl methyl sites for hydroxylation is 1. The van der Waals surface area contributed by atoms with E-state index in [2.05, 4.69) is 31.1 Å². The van der Waals surface area contributed by atoms with Crippen LogP contribution in [0.15, 0.2) is 24.7 Å². The number of nitrogens with one attached hydrogen (secondary N) is 2. The Kier molecular flexibility index (Phi) is 7.21. The zero-order valence-corrected chi connectivity index (χ0v) is 22.0. The van der Waals surface area contributed by atoms with E-state index in [1.807, 2.05) is 13.8 Å². The maximum absolute atomic E-state index is 13.6. The number of hydrogen-bond acceptors (Lipinski definition) is 6. The smallest absolute Gasteiger partial charge is 0.339 e. The average molecular weight is 548 g/mol. The fourth-order valence-electron chi connectivity index (χ4n) is 5.15. The van der Waals surface area contributed by atoms with Crippen molar-refractivity contribution < 1.29 is 22.8 Å². The van der Waals surface area contributed by atoms with Gasteiger partial charge in [0.15, 0.2) is 0 Å². The molecule has 0 aliphatic heterocycles. The molecule has 2 amide bonds. The van der Waals surface area contributed by atoms with Crippen LogP contribution in [0, 0.1) is 24.7 Å². The highest BCUT2D eigenvalue weighted by atomic mass is 19.4. The van der Waals surface area contributed by atoms with E-state index in [4.69, 9.17) is 0 Å². The molecule has 210 valence electrons. The van der Waals surface area contributed by atoms with Crippen molar-refractivity contribution in [2.75, 3.05) is 5.32 Å². The molecule has 2 fully saturated rings. The zero-order valence-electron chi connectivity index (χ0n) is 22.0. The molecule has 2 aliphatic rings. The predicted molar refractivity (Wildman–Crippen MR) is 134 cm³/mol. The van der Waals surface area contributed by atoms with Crippen molar-refractivity contribution in [3.8, 4) is 0 Å². The number of carbonyl (C=O) groups is 2. The summed E-state index contributed by atoms with van der Waals surface area (Å²) in [5.74, 6) is 0.0998. The number of anilines is 1. The lowest BCUT2D eigenvalue weighted by Gasteiger charge is -2.27. The van der Waals surface area contributed by atoms with Crippen molar-refractivity contribution >= 4 is 17.5 Å². The van der Waals surface area contributed by atoms with E-state index < -0.39 is 18.8 Å². The highest BCUT2D eigenvalue weighted by Crippen LogP contribution is 2.51. The minimum atomic E-state index is -4.44. The van der Waals surface area contributed by atoms with E-state index in [0.717, 1.165) is 30.4 Å². The molecule has 39 heavy (non-hydrogen) atoms. The van der Waals surface area contributed by atoms with Crippen LogP contribution in [0.3, 0.4) is 0 Å². The van der Waals surface area contributed by atoms with Crippen molar-refractivity contribution in [3.63, 3.8) is 0 Å². The van der Waals surface area contributed by atoms with E-state index in [9.17, 15) is 22.8 Å². The molecule has 3 aromatic heterocycles. The Labute approximate surface area is 223 Å². The lowest BCUT2D eigenvalue weighted by Crippen LogP contribution is -2.50. The first-order valence-electron chi connectivity index (χ1n) is 13.1. The number of amides is 2. The van der Waals surface area contributed by atoms with Gasteiger partial charge in [0, 0.05) is 18.4 Å². The number of rotatable bonds is 11. The summed E-state index contributed by atoms with van der Waals surface area (Å²) < 4.78 is 42.6. The van der Waals surface area contributed by atoms with Gasteiger partial charge in [-0.25, -0.2) is 4.68 Å². The molecule has 0 spiro atoms. The van der Waals surface area contributed by atoms with Crippen LogP contribution in [-0.2, 0) is 17.9 Å². The third kappa shape index (κ3) is 6.31. The van der Waals surface area contributed by atoms with Crippen LogP contribution in [0.2, 0.25) is 0 Å². The molecule has 0 bridgehead atoms. The number of alkyl halides is 3. The Hall–Kier alpha value is -3.71. The van der Waals surface area contributed by atoms with Gasteiger partial charge in [-0.15, -0.1) is 5.10 Å². The van der Waals surface area contributed by atoms with Crippen molar-refractivity contribution in [3.05, 3.63) is 41.7 Å². The fourth-order valence-corrected chi connectivity index (χ4v) is 5.15. The van der Waals surface area contributed by atoms with Crippen LogP contribution in [0.4, 0.5) is 18.9 Å². The minimum absolute atomic E-state index is 0.00306. The summed E-state index contributed by atoms with van der Waals surface area (Å²) in [5.41, 5.74) is 1.40. The first-order valence-corrected chi connectivity index (χ1v) is 13.1. The lowest BCUT2D eigenvalue weighted by molar-refractivity contribution is -0.143. The summed E-state index contributed by atoms with van der Waals surface area (Å²) in [6.07, 6.45) is 4.21. The first-order chi connectivity index (χ1) is 18.5. The summed E-state index contributed by atoms with van der Waals surface area (Å²) in [6, 6.07) is 0.876. The summed E-state index contributed by atoms with van der Waals surface area (Å²) in [6.45, 7) is 4.18. The van der Waals surface area contributed by atoms with Gasteiger partial charge in [0.05, 0.1) is 29.8 Å². The van der Waals surface area contributed by atoms with E-state index in [1.54, 1.807) is 23.9 Å². The standard InChI is InChI=1S/C25H32F3N9O2/c1-14(2)37-19(8-9-29-37)23(38)32-22(21(16-4-5-16)17-6-7-17)24(39)31-18-10-30-35(11-18)12-20-15(3)33-34-36(20)13-25(26,27)28/h8-11,14,16-17,21-22H,4-7,12-13H2,1-3H3,(H,31,39)(H,32,38)/t22-/m0/s1. The molecule has 0 radical (unpaired) electrons. The fraction of sp³-hybridized carbons (Fsp3) is 0.600. The van der Waals surface area contributed by atoms with Crippen LogP contribution in [0.1, 0.15) is 67.4 Å². The van der Waals surface area contributed by atoms with Gasteiger partial charge in [0.25, 0.3) is 5.91 Å². The molecule has 2 aliphatic carbocycles. The Morgan fingerprint density at radius 1 is 1.13 bits per heavy atom. The average Bonchev–Trinajstić information content (AvgIpc) is 3.75. The van der Waals surface area contributed by atoms with Gasteiger partial charge in [0.2, 0.25) is 5.91 Å². The van der Waals surface area contributed by atoms with E-state index >= 15 is 0 Å². The summed E-state index contributed by atoms with van der Waals surface area (Å²) >= 11 is 0. The van der Waals surface area contributed by atoms with Gasteiger partial charge in [-0.05, 0) is 70.3 Å². The lowest BCUT2D eigenvalue weighted by atomic mass is 9.88. The van der Waals surface area contributed by atoms with Crippen LogP contribution < -0.4 is 10.6 Å². The van der Waals surface area contributed by atoms with Gasteiger partial charge in [0.1, 0.15) is 18.3 Å². The maximum atomic E-state index is 13.6. The third-order valence-electron chi connectivity index (χ3n) is 7.25. The second-order valence-corrected chi connectivity index (χ2v) is 10.8. The van der Waals surface area contributed by atoms with Crippen molar-refractivity contribution in [1.82, 2.24) is 39.9 Å². The Balaban J connectivity index is 1.32. The molecule has 14 heteroatoms. The van der Waals surface area contributed by atoms with Crippen LogP contribution in [0.5, 0.6) is 0 Å². The Morgan fingerprint density at radius 2 is 1.82 bits per heavy atom. The number of hydrogen-bond donors (Lipinski definition) is 2. The van der Waals surface area contributed by atoms with Crippen molar-refractivity contribution in [2.24, 2.45) is 17.8 Å². The van der Waals surface area contributed by atoms with Gasteiger partial charge < -0.3 is 10.6 Å². The van der Waals surface area contributed by atoms with E-state index in [1.165, 1.54) is 17.1 Å². The molecule has 3 aromatic rings. The number of halogens is 3. The Morgan fingerprint density at radius 3 is 2.44 bits per heavy atom. The van der Waals surface area contributed by atoms with Crippen LogP contribution >= 0.6 is 0 Å². The molecular formula is C25H32F3N9O2. The predicted octanol–water partition coefficient (Wildman–Crippen LogP) is 3.34. The second-order valence-electron chi connectivity index (χ2n) is 10.8. The molecule has 0 saturated heterocycles. The van der Waals surface area contributed by atoms with Gasteiger partial charge in [-0.1, -0.05) is 5.21 Å². The van der Waals surface area contributed by atoms with E-state index in [-0.39, 0.29) is 36.0 Å². The second kappa shape index (κ2) is 10.5. The monoisotopic (exact) mass is 547 g/mol. The highest BCUT2D eigenvalue weighted by Gasteiger charge is 2.48. The van der Waals surface area contributed by atoms with Crippen LogP contribution in [0.25, 0.3) is 0 Å². The molecule has 11 nitrogen and oxygen atoms in total. The zero-order chi connectivity index (χ0) is 27.9. The van der Waals surface area contributed by atoms with Crippen molar-refractivity contribution in [2.45, 2.75) is 77.8 Å². The SMILES string of the molecule is Cc1nnn(CC(F)(F)F)c1Cn1cc(NC(=O)[C@@H](NC(=O)c2ccnn2C(C)C)C(C2CC2)C2CC2)cn1. The third-order valence-corrected chi connectivity index (χ3v) is 7.25. The van der Waals surface area contributed by atoms with Gasteiger partial charge in [-0.3, -0.25) is 19.0 Å². The molecule has 0 unspecified atom stereocenters. The molecule has 2 saturated carbocycles. The largest absolute Gasteiger partial charge is 0.408 e. The van der Waals surface area contributed by atoms with Gasteiger partial charge >= 0.3 is 6.18 Å². The molecule has 2 N–H and O–H groups in total. The molecular weight excluding hydrogens is 515 g/mol. The van der Waals surface area contributed by atoms with Crippen LogP contribution in [-0.4, -0.2) is 58.6 Å². The minimum Gasteiger partial charge on any atom is -0.339 e.